The van der Waals surface area contributed by atoms with Gasteiger partial charge >= 0.3 is 0 Å². The van der Waals surface area contributed by atoms with E-state index in [1.807, 2.05) is 12.1 Å². The third-order valence-electron chi connectivity index (χ3n) is 3.55. The lowest BCUT2D eigenvalue weighted by atomic mass is 10.0. The molecule has 0 atom stereocenters. The molecule has 1 saturated heterocycles. The number of halogens is 2. The zero-order valence-corrected chi connectivity index (χ0v) is 12.9. The molecule has 1 aliphatic rings. The van der Waals surface area contributed by atoms with Crippen LogP contribution in [0.1, 0.15) is 12.8 Å². The third kappa shape index (κ3) is 3.38. The quantitative estimate of drug-likeness (QED) is 0.834. The summed E-state index contributed by atoms with van der Waals surface area (Å²) in [6.45, 7) is 2.31. The summed E-state index contributed by atoms with van der Waals surface area (Å²) in [6.07, 6.45) is 2.58. The highest BCUT2D eigenvalue weighted by molar-refractivity contribution is 5.85. The average Bonchev–Trinajstić information content (AvgIpc) is 2.93. The second-order valence-corrected chi connectivity index (χ2v) is 4.84. The maximum atomic E-state index is 5.94. The Bertz CT molecular complexity index is 537. The zero-order valence-electron chi connectivity index (χ0n) is 11.3. The Morgan fingerprint density at radius 3 is 2.15 bits per heavy atom. The van der Waals surface area contributed by atoms with Crippen LogP contribution in [-0.2, 0) is 0 Å². The highest BCUT2D eigenvalue weighted by Crippen LogP contribution is 2.34. The summed E-state index contributed by atoms with van der Waals surface area (Å²) in [5.41, 5.74) is 10.6. The van der Waals surface area contributed by atoms with E-state index in [2.05, 4.69) is 41.3 Å². The fourth-order valence-electron chi connectivity index (χ4n) is 2.64. The Balaban J connectivity index is 0.000001000. The molecule has 20 heavy (non-hydrogen) atoms. The molecule has 1 fully saturated rings. The molecule has 4 heteroatoms. The first-order chi connectivity index (χ1) is 8.84. The first-order valence-corrected chi connectivity index (χ1v) is 6.54. The van der Waals surface area contributed by atoms with Crippen LogP contribution in [0.25, 0.3) is 11.1 Å². The van der Waals surface area contributed by atoms with Gasteiger partial charge in [-0.15, -0.1) is 24.8 Å². The molecule has 2 N–H and O–H groups in total. The predicted molar refractivity (Wildman–Crippen MR) is 92.2 cm³/mol. The van der Waals surface area contributed by atoms with Gasteiger partial charge in [-0.2, -0.15) is 0 Å². The van der Waals surface area contributed by atoms with E-state index in [1.165, 1.54) is 29.7 Å². The van der Waals surface area contributed by atoms with Crippen LogP contribution >= 0.6 is 24.8 Å². The largest absolute Gasteiger partial charge is 0.399 e. The number of benzene rings is 2. The number of nitrogens with two attached hydrogens (primary N) is 1. The Hall–Kier alpha value is -1.38. The first-order valence-electron chi connectivity index (χ1n) is 6.54. The number of nitrogen functional groups attached to an aromatic ring is 1. The highest BCUT2D eigenvalue weighted by Gasteiger charge is 2.16. The highest BCUT2D eigenvalue weighted by atomic mass is 35.5. The van der Waals surface area contributed by atoms with Gasteiger partial charge in [-0.05, 0) is 36.6 Å². The number of anilines is 2. The van der Waals surface area contributed by atoms with Crippen LogP contribution < -0.4 is 10.6 Å². The summed E-state index contributed by atoms with van der Waals surface area (Å²) in [6, 6.07) is 16.7. The minimum absolute atomic E-state index is 0. The normalized spacial score (nSPS) is 13.5. The van der Waals surface area contributed by atoms with E-state index in [4.69, 9.17) is 5.73 Å². The van der Waals surface area contributed by atoms with Crippen molar-refractivity contribution in [3.05, 3.63) is 48.5 Å². The van der Waals surface area contributed by atoms with E-state index < -0.39 is 0 Å². The van der Waals surface area contributed by atoms with Crippen LogP contribution in [0, 0.1) is 0 Å². The summed E-state index contributed by atoms with van der Waals surface area (Å²) in [5.74, 6) is 0. The van der Waals surface area contributed by atoms with E-state index in [0.717, 1.165) is 18.8 Å². The van der Waals surface area contributed by atoms with E-state index in [9.17, 15) is 0 Å². The molecule has 2 aromatic carbocycles. The van der Waals surface area contributed by atoms with Crippen molar-refractivity contribution in [3.8, 4) is 11.1 Å². The number of hydrogen-bond acceptors (Lipinski definition) is 2. The number of hydrogen-bond donors (Lipinski definition) is 1. The Labute approximate surface area is 132 Å². The standard InChI is InChI=1S/C16H18N2.2ClH/c17-14-8-9-16(18-10-4-5-11-18)15(12-14)13-6-2-1-3-7-13;;/h1-3,6-9,12H,4-5,10-11,17H2;2*1H. The molecule has 0 unspecified atom stereocenters. The van der Waals surface area contributed by atoms with Crippen LogP contribution in [0.5, 0.6) is 0 Å². The Morgan fingerprint density at radius 2 is 1.50 bits per heavy atom. The van der Waals surface area contributed by atoms with Crippen molar-refractivity contribution in [1.29, 1.82) is 0 Å². The summed E-state index contributed by atoms with van der Waals surface area (Å²) >= 11 is 0. The van der Waals surface area contributed by atoms with Gasteiger partial charge in [-0.1, -0.05) is 30.3 Å². The number of nitrogens with zero attached hydrogens (tertiary/aromatic N) is 1. The number of rotatable bonds is 2. The molecule has 2 aromatic rings. The van der Waals surface area contributed by atoms with Gasteiger partial charge in [0.2, 0.25) is 0 Å². The molecular weight excluding hydrogens is 291 g/mol. The summed E-state index contributed by atoms with van der Waals surface area (Å²) in [7, 11) is 0. The molecule has 1 aliphatic heterocycles. The fraction of sp³-hybridized carbons (Fsp3) is 0.250. The van der Waals surface area contributed by atoms with Gasteiger partial charge < -0.3 is 10.6 Å². The van der Waals surface area contributed by atoms with Crippen molar-refractivity contribution in [1.82, 2.24) is 0 Å². The summed E-state index contributed by atoms with van der Waals surface area (Å²) < 4.78 is 0. The molecule has 1 heterocycles. The van der Waals surface area contributed by atoms with E-state index in [-0.39, 0.29) is 24.8 Å². The fourth-order valence-corrected chi connectivity index (χ4v) is 2.64. The van der Waals surface area contributed by atoms with E-state index in [1.54, 1.807) is 0 Å². The molecule has 2 nitrogen and oxygen atoms in total. The maximum Gasteiger partial charge on any atom is 0.0447 e. The predicted octanol–water partition coefficient (Wildman–Crippen LogP) is 4.38. The smallest absolute Gasteiger partial charge is 0.0447 e. The molecule has 108 valence electrons. The van der Waals surface area contributed by atoms with E-state index in [0.29, 0.717) is 0 Å². The molecule has 0 radical (unpaired) electrons. The Kier molecular flexibility index (Phi) is 6.18. The Morgan fingerprint density at radius 1 is 0.850 bits per heavy atom. The molecule has 0 aromatic heterocycles. The van der Waals surface area contributed by atoms with Gasteiger partial charge in [-0.25, -0.2) is 0 Å². The van der Waals surface area contributed by atoms with Crippen molar-refractivity contribution < 1.29 is 0 Å². The van der Waals surface area contributed by atoms with Crippen LogP contribution in [-0.4, -0.2) is 13.1 Å². The lowest BCUT2D eigenvalue weighted by Crippen LogP contribution is -2.18. The molecule has 3 rings (SSSR count). The molecule has 0 aliphatic carbocycles. The lowest BCUT2D eigenvalue weighted by molar-refractivity contribution is 0.949. The third-order valence-corrected chi connectivity index (χ3v) is 3.55. The molecule has 0 spiro atoms. The first kappa shape index (κ1) is 16.7. The van der Waals surface area contributed by atoms with Crippen molar-refractivity contribution in [2.75, 3.05) is 23.7 Å². The van der Waals surface area contributed by atoms with Gasteiger partial charge in [0.1, 0.15) is 0 Å². The van der Waals surface area contributed by atoms with Gasteiger partial charge in [-0.3, -0.25) is 0 Å². The average molecular weight is 311 g/mol. The molecule has 0 saturated carbocycles. The van der Waals surface area contributed by atoms with Gasteiger partial charge in [0.25, 0.3) is 0 Å². The minimum atomic E-state index is 0. The van der Waals surface area contributed by atoms with Gasteiger partial charge in [0.15, 0.2) is 0 Å². The zero-order chi connectivity index (χ0) is 12.4. The van der Waals surface area contributed by atoms with Crippen molar-refractivity contribution in [2.45, 2.75) is 12.8 Å². The van der Waals surface area contributed by atoms with Crippen LogP contribution in [0.15, 0.2) is 48.5 Å². The van der Waals surface area contributed by atoms with Crippen LogP contribution in [0.4, 0.5) is 11.4 Å². The molecular formula is C16H20Cl2N2. The molecule has 0 bridgehead atoms. The van der Waals surface area contributed by atoms with Crippen molar-refractivity contribution in [3.63, 3.8) is 0 Å². The monoisotopic (exact) mass is 310 g/mol. The SMILES string of the molecule is Cl.Cl.Nc1ccc(N2CCCC2)c(-c2ccccc2)c1. The van der Waals surface area contributed by atoms with Crippen molar-refractivity contribution >= 4 is 36.2 Å². The van der Waals surface area contributed by atoms with Crippen LogP contribution in [0.2, 0.25) is 0 Å². The van der Waals surface area contributed by atoms with Crippen LogP contribution in [0.3, 0.4) is 0 Å². The second-order valence-electron chi connectivity index (χ2n) is 4.84. The summed E-state index contributed by atoms with van der Waals surface area (Å²) in [5, 5.41) is 0. The molecule has 0 amide bonds. The van der Waals surface area contributed by atoms with Gasteiger partial charge in [0, 0.05) is 30.0 Å². The van der Waals surface area contributed by atoms with Gasteiger partial charge in [0.05, 0.1) is 0 Å². The minimum Gasteiger partial charge on any atom is -0.399 e. The van der Waals surface area contributed by atoms with Crippen molar-refractivity contribution in [2.24, 2.45) is 0 Å². The van der Waals surface area contributed by atoms with E-state index >= 15 is 0 Å². The maximum absolute atomic E-state index is 5.94. The lowest BCUT2D eigenvalue weighted by Gasteiger charge is -2.22. The second kappa shape index (κ2) is 7.41. The topological polar surface area (TPSA) is 29.3 Å². The summed E-state index contributed by atoms with van der Waals surface area (Å²) in [4.78, 5) is 2.46.